The van der Waals surface area contributed by atoms with Gasteiger partial charge in [-0.05, 0) is 18.6 Å². The summed E-state index contributed by atoms with van der Waals surface area (Å²) in [4.78, 5) is 28.6. The van der Waals surface area contributed by atoms with Crippen LogP contribution in [0.25, 0.3) is 0 Å². The summed E-state index contributed by atoms with van der Waals surface area (Å²) in [5.41, 5.74) is 0. The second-order valence-corrected chi connectivity index (χ2v) is 4.08. The van der Waals surface area contributed by atoms with E-state index in [9.17, 15) is 9.59 Å². The van der Waals surface area contributed by atoms with E-state index in [1.807, 2.05) is 0 Å². The lowest BCUT2D eigenvalue weighted by molar-refractivity contribution is -0.146. The molecule has 1 unspecified atom stereocenters. The summed E-state index contributed by atoms with van der Waals surface area (Å²) < 4.78 is 5.15. The van der Waals surface area contributed by atoms with Gasteiger partial charge in [-0.15, -0.1) is 0 Å². The average Bonchev–Trinajstić information content (AvgIpc) is 2.40. The Kier molecular flexibility index (Phi) is 3.45. The summed E-state index contributed by atoms with van der Waals surface area (Å²) in [5, 5.41) is 3.02. The van der Waals surface area contributed by atoms with E-state index in [-0.39, 0.29) is 11.8 Å². The van der Waals surface area contributed by atoms with E-state index in [2.05, 4.69) is 10.3 Å². The predicted octanol–water partition coefficient (Wildman–Crippen LogP) is 0.649. The zero-order valence-corrected chi connectivity index (χ0v) is 10.3. The number of likely N-dealkylation sites (tertiary alicyclic amines) is 1. The van der Waals surface area contributed by atoms with E-state index in [0.29, 0.717) is 24.4 Å². The van der Waals surface area contributed by atoms with Crippen LogP contribution in [0.15, 0.2) is 18.3 Å². The van der Waals surface area contributed by atoms with Crippen LogP contribution in [0, 0.1) is 0 Å². The van der Waals surface area contributed by atoms with Gasteiger partial charge >= 0.3 is 0 Å². The Labute approximate surface area is 105 Å². The summed E-state index contributed by atoms with van der Waals surface area (Å²) >= 11 is 0. The molecule has 1 aliphatic rings. The van der Waals surface area contributed by atoms with Crippen molar-refractivity contribution in [3.8, 4) is 5.75 Å². The largest absolute Gasteiger partial charge is 0.493 e. The summed E-state index contributed by atoms with van der Waals surface area (Å²) in [6.45, 7) is 0. The van der Waals surface area contributed by atoms with Gasteiger partial charge in [-0.2, -0.15) is 0 Å². The molecule has 1 atom stereocenters. The van der Waals surface area contributed by atoms with Crippen LogP contribution in [0.4, 0.5) is 5.82 Å². The first-order chi connectivity index (χ1) is 8.63. The van der Waals surface area contributed by atoms with Crippen molar-refractivity contribution in [2.45, 2.75) is 18.9 Å². The van der Waals surface area contributed by atoms with Crippen LogP contribution in [0.5, 0.6) is 5.75 Å². The van der Waals surface area contributed by atoms with Crippen LogP contribution in [0.2, 0.25) is 0 Å². The standard InChI is InChI=1S/C12H15N3O3/c1-15-10(16)6-5-8(12(15)17)14-11-9(18-2)4-3-7-13-11/h3-4,7-8H,5-6H2,1-2H3,(H,13,14). The van der Waals surface area contributed by atoms with Crippen LogP contribution in [0.3, 0.4) is 0 Å². The molecule has 18 heavy (non-hydrogen) atoms. The highest BCUT2D eigenvalue weighted by Crippen LogP contribution is 2.23. The fourth-order valence-corrected chi connectivity index (χ4v) is 1.88. The molecule has 1 N–H and O–H groups in total. The molecule has 2 rings (SSSR count). The number of ether oxygens (including phenoxy) is 1. The third-order valence-corrected chi connectivity index (χ3v) is 2.95. The summed E-state index contributed by atoms with van der Waals surface area (Å²) in [5.74, 6) is 0.705. The van der Waals surface area contributed by atoms with Crippen molar-refractivity contribution in [2.75, 3.05) is 19.5 Å². The highest BCUT2D eigenvalue weighted by molar-refractivity contribution is 6.01. The molecule has 0 saturated carbocycles. The molecule has 1 saturated heterocycles. The van der Waals surface area contributed by atoms with Crippen molar-refractivity contribution in [1.82, 2.24) is 9.88 Å². The van der Waals surface area contributed by atoms with Gasteiger partial charge in [0.25, 0.3) is 5.91 Å². The maximum Gasteiger partial charge on any atom is 0.251 e. The molecule has 0 aromatic carbocycles. The smallest absolute Gasteiger partial charge is 0.251 e. The number of anilines is 1. The number of methoxy groups -OCH3 is 1. The van der Waals surface area contributed by atoms with Gasteiger partial charge in [-0.1, -0.05) is 0 Å². The first-order valence-corrected chi connectivity index (χ1v) is 5.69. The highest BCUT2D eigenvalue weighted by Gasteiger charge is 2.32. The topological polar surface area (TPSA) is 71.5 Å². The Hall–Kier alpha value is -2.11. The van der Waals surface area contributed by atoms with Gasteiger partial charge in [0, 0.05) is 19.7 Å². The van der Waals surface area contributed by atoms with Crippen LogP contribution in [-0.4, -0.2) is 41.9 Å². The fourth-order valence-electron chi connectivity index (χ4n) is 1.88. The SMILES string of the molecule is COc1cccnc1NC1CCC(=O)N(C)C1=O. The minimum absolute atomic E-state index is 0.147. The number of pyridine rings is 1. The molecule has 6 nitrogen and oxygen atoms in total. The monoisotopic (exact) mass is 249 g/mol. The summed E-state index contributed by atoms with van der Waals surface area (Å²) in [6.07, 6.45) is 2.45. The Morgan fingerprint density at radius 1 is 1.50 bits per heavy atom. The number of aromatic nitrogens is 1. The van der Waals surface area contributed by atoms with Crippen LogP contribution >= 0.6 is 0 Å². The minimum atomic E-state index is -0.434. The van der Waals surface area contributed by atoms with E-state index >= 15 is 0 Å². The molecule has 2 amide bonds. The van der Waals surface area contributed by atoms with Crippen LogP contribution in [-0.2, 0) is 9.59 Å². The zero-order valence-electron chi connectivity index (χ0n) is 10.3. The van der Waals surface area contributed by atoms with Gasteiger partial charge in [-0.3, -0.25) is 14.5 Å². The molecule has 0 aliphatic carbocycles. The van der Waals surface area contributed by atoms with E-state index in [0.717, 1.165) is 4.90 Å². The van der Waals surface area contributed by atoms with Gasteiger partial charge in [0.2, 0.25) is 5.91 Å². The Balaban J connectivity index is 2.14. The zero-order chi connectivity index (χ0) is 13.1. The molecule has 2 heterocycles. The molecular formula is C12H15N3O3. The van der Waals surface area contributed by atoms with Crippen LogP contribution in [0.1, 0.15) is 12.8 Å². The lowest BCUT2D eigenvalue weighted by Crippen LogP contribution is -2.48. The van der Waals surface area contributed by atoms with Gasteiger partial charge in [0.15, 0.2) is 11.6 Å². The predicted molar refractivity (Wildman–Crippen MR) is 65.2 cm³/mol. The quantitative estimate of drug-likeness (QED) is 0.796. The number of nitrogens with one attached hydrogen (secondary N) is 1. The lowest BCUT2D eigenvalue weighted by atomic mass is 10.0. The third-order valence-electron chi connectivity index (χ3n) is 2.95. The van der Waals surface area contributed by atoms with Crippen molar-refractivity contribution >= 4 is 17.6 Å². The Morgan fingerprint density at radius 3 is 3.00 bits per heavy atom. The van der Waals surface area contributed by atoms with E-state index in [4.69, 9.17) is 4.74 Å². The van der Waals surface area contributed by atoms with Crippen molar-refractivity contribution in [3.05, 3.63) is 18.3 Å². The number of carbonyl (C=O) groups excluding carboxylic acids is 2. The van der Waals surface area contributed by atoms with Crippen molar-refractivity contribution in [3.63, 3.8) is 0 Å². The van der Waals surface area contributed by atoms with Gasteiger partial charge in [0.1, 0.15) is 6.04 Å². The minimum Gasteiger partial charge on any atom is -0.493 e. The number of nitrogens with zero attached hydrogens (tertiary/aromatic N) is 2. The average molecular weight is 249 g/mol. The number of imide groups is 1. The van der Waals surface area contributed by atoms with E-state index in [1.165, 1.54) is 7.05 Å². The molecule has 96 valence electrons. The number of piperidine rings is 1. The Morgan fingerprint density at radius 2 is 2.28 bits per heavy atom. The fraction of sp³-hybridized carbons (Fsp3) is 0.417. The number of rotatable bonds is 3. The molecule has 1 aromatic rings. The number of likely N-dealkylation sites (N-methyl/N-ethyl adjacent to an activating group) is 1. The molecule has 1 aromatic heterocycles. The second-order valence-electron chi connectivity index (χ2n) is 4.08. The van der Waals surface area contributed by atoms with Crippen molar-refractivity contribution in [1.29, 1.82) is 0 Å². The Bertz CT molecular complexity index is 475. The van der Waals surface area contributed by atoms with E-state index in [1.54, 1.807) is 25.4 Å². The highest BCUT2D eigenvalue weighted by atomic mass is 16.5. The first-order valence-electron chi connectivity index (χ1n) is 5.69. The lowest BCUT2D eigenvalue weighted by Gasteiger charge is -2.28. The molecule has 0 radical (unpaired) electrons. The van der Waals surface area contributed by atoms with Crippen molar-refractivity contribution < 1.29 is 14.3 Å². The molecule has 1 fully saturated rings. The first kappa shape index (κ1) is 12.3. The molecule has 0 bridgehead atoms. The number of amides is 2. The molecule has 1 aliphatic heterocycles. The molecule has 6 heteroatoms. The third kappa shape index (κ3) is 2.27. The second kappa shape index (κ2) is 5.03. The molecule has 0 spiro atoms. The molecular weight excluding hydrogens is 234 g/mol. The van der Waals surface area contributed by atoms with Gasteiger partial charge < -0.3 is 10.1 Å². The number of hydrogen-bond donors (Lipinski definition) is 1. The van der Waals surface area contributed by atoms with Crippen LogP contribution < -0.4 is 10.1 Å². The number of carbonyl (C=O) groups is 2. The maximum absolute atomic E-state index is 11.9. The van der Waals surface area contributed by atoms with E-state index < -0.39 is 6.04 Å². The summed E-state index contributed by atoms with van der Waals surface area (Å²) in [6, 6.07) is 3.08. The van der Waals surface area contributed by atoms with Gasteiger partial charge in [-0.25, -0.2) is 4.98 Å². The van der Waals surface area contributed by atoms with Crippen molar-refractivity contribution in [2.24, 2.45) is 0 Å². The maximum atomic E-state index is 11.9. The summed E-state index contributed by atoms with van der Waals surface area (Å²) in [7, 11) is 3.04. The normalized spacial score (nSPS) is 19.9. The number of hydrogen-bond acceptors (Lipinski definition) is 5. The van der Waals surface area contributed by atoms with Gasteiger partial charge in [0.05, 0.1) is 7.11 Å².